The third-order valence-corrected chi connectivity index (χ3v) is 5.70. The molecule has 0 radical (unpaired) electrons. The summed E-state index contributed by atoms with van der Waals surface area (Å²) in [5.74, 6) is 1.17. The molecule has 138 valence electrons. The van der Waals surface area contributed by atoms with Gasteiger partial charge in [0, 0.05) is 38.5 Å². The molecular weight excluding hydrogens is 384 g/mol. The molecule has 4 rings (SSSR count). The molecule has 1 N–H and O–H groups in total. The lowest BCUT2D eigenvalue weighted by atomic mass is 10.1. The van der Waals surface area contributed by atoms with Crippen molar-refractivity contribution in [2.24, 2.45) is 0 Å². The Morgan fingerprint density at radius 3 is 2.59 bits per heavy atom. The molecule has 0 spiro atoms. The van der Waals surface area contributed by atoms with Crippen molar-refractivity contribution in [3.63, 3.8) is 0 Å². The zero-order chi connectivity index (χ0) is 18.8. The van der Waals surface area contributed by atoms with Crippen LogP contribution in [-0.2, 0) is 10.8 Å². The van der Waals surface area contributed by atoms with Crippen LogP contribution in [0.5, 0.6) is 11.5 Å². The monoisotopic (exact) mass is 400 g/mol. The van der Waals surface area contributed by atoms with E-state index in [1.807, 2.05) is 23.6 Å². The number of ether oxygens (including phenoxy) is 2. The number of nitrogens with one attached hydrogen (secondary N) is 1. The number of hydrogen-bond donors (Lipinski definition) is 1. The predicted octanol–water partition coefficient (Wildman–Crippen LogP) is 3.57. The minimum atomic E-state index is -1.07. The smallest absolute Gasteiger partial charge is 0.257 e. The van der Waals surface area contributed by atoms with E-state index in [1.54, 1.807) is 30.5 Å². The van der Waals surface area contributed by atoms with Gasteiger partial charge in [-0.1, -0.05) is 0 Å². The van der Waals surface area contributed by atoms with Crippen LogP contribution in [0.2, 0.25) is 0 Å². The molecule has 3 aromatic rings. The first-order chi connectivity index (χ1) is 13.1. The molecule has 1 aliphatic rings. The molecule has 1 unspecified atom stereocenters. The van der Waals surface area contributed by atoms with Crippen LogP contribution < -0.4 is 14.8 Å². The molecule has 8 heteroatoms. The van der Waals surface area contributed by atoms with Gasteiger partial charge in [-0.3, -0.25) is 14.3 Å². The molecule has 27 heavy (non-hydrogen) atoms. The fourth-order valence-electron chi connectivity index (χ4n) is 2.63. The molecule has 0 saturated carbocycles. The molecule has 2 aromatic carbocycles. The maximum atomic E-state index is 12.4. The largest absolute Gasteiger partial charge is 0.486 e. The van der Waals surface area contributed by atoms with Gasteiger partial charge in [0.25, 0.3) is 5.91 Å². The van der Waals surface area contributed by atoms with Crippen molar-refractivity contribution in [1.82, 2.24) is 4.98 Å². The number of carbonyl (C=O) groups excluding carboxylic acids is 1. The van der Waals surface area contributed by atoms with Gasteiger partial charge in [0.05, 0.1) is 5.69 Å². The van der Waals surface area contributed by atoms with Gasteiger partial charge in [-0.15, -0.1) is 11.3 Å². The fourth-order valence-corrected chi connectivity index (χ4v) is 3.87. The third-order valence-electron chi connectivity index (χ3n) is 4.01. The fraction of sp³-hybridized carbons (Fsp3) is 0.158. The van der Waals surface area contributed by atoms with E-state index in [2.05, 4.69) is 10.3 Å². The first-order valence-corrected chi connectivity index (χ1v) is 10.6. The van der Waals surface area contributed by atoms with Gasteiger partial charge in [-0.05, 0) is 42.5 Å². The zero-order valence-corrected chi connectivity index (χ0v) is 16.1. The van der Waals surface area contributed by atoms with Crippen molar-refractivity contribution in [1.29, 1.82) is 0 Å². The van der Waals surface area contributed by atoms with E-state index in [-0.39, 0.29) is 5.91 Å². The van der Waals surface area contributed by atoms with Gasteiger partial charge in [0.2, 0.25) is 0 Å². The molecule has 0 bridgehead atoms. The Hall–Kier alpha value is -2.71. The second-order valence-corrected chi connectivity index (χ2v) is 8.07. The third kappa shape index (κ3) is 3.86. The van der Waals surface area contributed by atoms with Crippen molar-refractivity contribution in [2.45, 2.75) is 4.90 Å². The summed E-state index contributed by atoms with van der Waals surface area (Å²) in [5.41, 5.74) is 2.13. The highest BCUT2D eigenvalue weighted by Crippen LogP contribution is 2.35. The number of anilines is 1. The lowest BCUT2D eigenvalue weighted by Crippen LogP contribution is -2.15. The summed E-state index contributed by atoms with van der Waals surface area (Å²) in [7, 11) is -1.07. The second-order valence-electron chi connectivity index (χ2n) is 5.83. The molecule has 1 atom stereocenters. The standard InChI is InChI=1S/C19H16N2O4S2/c1-27(23)14-5-2-12(3-6-14)18(22)21-19-20-15(11-26-19)13-4-7-16-17(10-13)25-9-8-24-16/h2-7,10-11H,8-9H2,1H3,(H,20,21,22). The summed E-state index contributed by atoms with van der Waals surface area (Å²) in [6.07, 6.45) is 1.60. The summed E-state index contributed by atoms with van der Waals surface area (Å²) >= 11 is 1.35. The molecule has 2 heterocycles. The number of hydrogen-bond acceptors (Lipinski definition) is 6. The Morgan fingerprint density at radius 1 is 1.11 bits per heavy atom. The number of carbonyl (C=O) groups is 1. The number of nitrogens with zero attached hydrogens (tertiary/aromatic N) is 1. The van der Waals surface area contributed by atoms with Gasteiger partial charge in [0.1, 0.15) is 13.2 Å². The number of thiazole rings is 1. The number of benzene rings is 2. The van der Waals surface area contributed by atoms with Gasteiger partial charge in [0.15, 0.2) is 16.6 Å². The van der Waals surface area contributed by atoms with Crippen LogP contribution in [0.1, 0.15) is 10.4 Å². The molecule has 1 aromatic heterocycles. The van der Waals surface area contributed by atoms with E-state index in [1.165, 1.54) is 11.3 Å². The van der Waals surface area contributed by atoms with E-state index in [4.69, 9.17) is 9.47 Å². The first kappa shape index (κ1) is 17.7. The van der Waals surface area contributed by atoms with E-state index < -0.39 is 10.8 Å². The van der Waals surface area contributed by atoms with E-state index in [0.29, 0.717) is 34.6 Å². The Kier molecular flexibility index (Phi) is 4.91. The molecule has 0 aliphatic carbocycles. The highest BCUT2D eigenvalue weighted by molar-refractivity contribution is 7.84. The molecular formula is C19H16N2O4S2. The quantitative estimate of drug-likeness (QED) is 0.724. The van der Waals surface area contributed by atoms with Crippen LogP contribution >= 0.6 is 11.3 Å². The highest BCUT2D eigenvalue weighted by Gasteiger charge is 2.15. The maximum absolute atomic E-state index is 12.4. The average Bonchev–Trinajstić information content (AvgIpc) is 3.16. The first-order valence-electron chi connectivity index (χ1n) is 8.20. The minimum Gasteiger partial charge on any atom is -0.486 e. The lowest BCUT2D eigenvalue weighted by molar-refractivity contribution is 0.102. The van der Waals surface area contributed by atoms with Gasteiger partial charge >= 0.3 is 0 Å². The van der Waals surface area contributed by atoms with Gasteiger partial charge in [-0.2, -0.15) is 0 Å². The molecule has 6 nitrogen and oxygen atoms in total. The van der Waals surface area contributed by atoms with Crippen molar-refractivity contribution in [3.05, 3.63) is 53.4 Å². The summed E-state index contributed by atoms with van der Waals surface area (Å²) < 4.78 is 22.6. The predicted molar refractivity (Wildman–Crippen MR) is 105 cm³/mol. The van der Waals surface area contributed by atoms with Crippen molar-refractivity contribution in [3.8, 4) is 22.8 Å². The van der Waals surface area contributed by atoms with Gasteiger partial charge < -0.3 is 9.47 Å². The Balaban J connectivity index is 1.49. The topological polar surface area (TPSA) is 77.5 Å². The van der Waals surface area contributed by atoms with Crippen LogP contribution in [0.3, 0.4) is 0 Å². The van der Waals surface area contributed by atoms with Crippen LogP contribution in [0, 0.1) is 0 Å². The normalized spacial score (nSPS) is 13.8. The molecule has 0 fully saturated rings. The lowest BCUT2D eigenvalue weighted by Gasteiger charge is -2.18. The zero-order valence-electron chi connectivity index (χ0n) is 14.4. The second kappa shape index (κ2) is 7.50. The summed E-state index contributed by atoms with van der Waals surface area (Å²) in [6.45, 7) is 1.08. The van der Waals surface area contributed by atoms with Crippen LogP contribution in [0.4, 0.5) is 5.13 Å². The molecule has 0 saturated heterocycles. The van der Waals surface area contributed by atoms with Crippen LogP contribution in [-0.4, -0.2) is 34.6 Å². The summed E-state index contributed by atoms with van der Waals surface area (Å²) in [6, 6.07) is 12.3. The number of aromatic nitrogens is 1. The Labute approximate surface area is 162 Å². The van der Waals surface area contributed by atoms with Crippen molar-refractivity contribution >= 4 is 33.2 Å². The van der Waals surface area contributed by atoms with Crippen LogP contribution in [0.25, 0.3) is 11.3 Å². The van der Waals surface area contributed by atoms with Crippen molar-refractivity contribution in [2.75, 3.05) is 24.8 Å². The van der Waals surface area contributed by atoms with Crippen LogP contribution in [0.15, 0.2) is 52.7 Å². The average molecular weight is 400 g/mol. The Morgan fingerprint density at radius 2 is 1.85 bits per heavy atom. The Bertz CT molecular complexity index is 1010. The summed E-state index contributed by atoms with van der Waals surface area (Å²) in [5, 5.41) is 5.18. The SMILES string of the molecule is CS(=O)c1ccc(C(=O)Nc2nc(-c3ccc4c(c3)OCCO4)cs2)cc1. The minimum absolute atomic E-state index is 0.258. The maximum Gasteiger partial charge on any atom is 0.257 e. The number of fused-ring (bicyclic) bond motifs is 1. The molecule has 1 amide bonds. The van der Waals surface area contributed by atoms with Gasteiger partial charge in [-0.25, -0.2) is 4.98 Å². The number of amides is 1. The van der Waals surface area contributed by atoms with E-state index >= 15 is 0 Å². The number of rotatable bonds is 4. The van der Waals surface area contributed by atoms with E-state index in [9.17, 15) is 9.00 Å². The van der Waals surface area contributed by atoms with Crippen molar-refractivity contribution < 1.29 is 18.5 Å². The van der Waals surface area contributed by atoms with E-state index in [0.717, 1.165) is 17.0 Å². The summed E-state index contributed by atoms with van der Waals surface area (Å²) in [4.78, 5) is 17.5. The highest BCUT2D eigenvalue weighted by atomic mass is 32.2. The molecule has 1 aliphatic heterocycles.